The summed E-state index contributed by atoms with van der Waals surface area (Å²) >= 11 is 0. The highest BCUT2D eigenvalue weighted by Gasteiger charge is 2.36. The molecule has 84 valence electrons. The number of hydrogen-bond donors (Lipinski definition) is 2. The molecule has 0 aromatic heterocycles. The van der Waals surface area contributed by atoms with Crippen LogP contribution in [-0.2, 0) is 15.1 Å². The number of carbonyl (C=O) groups is 2. The van der Waals surface area contributed by atoms with Crippen LogP contribution >= 0.6 is 0 Å². The minimum atomic E-state index is -1.44. The molecule has 0 aliphatic rings. The molecule has 0 fully saturated rings. The van der Waals surface area contributed by atoms with Crippen LogP contribution in [0.15, 0.2) is 43.0 Å². The standard InChI is InChI=1S/C12H13NO3/c1-3-10(14)13-12(2,11(15)16)9-7-5-4-6-8-9/h3-8H,1H2,2H3,(H,13,14)(H,15,16)/t12-/m1/s1. The van der Waals surface area contributed by atoms with E-state index in [1.165, 1.54) is 6.92 Å². The van der Waals surface area contributed by atoms with Gasteiger partial charge in [-0.1, -0.05) is 36.9 Å². The van der Waals surface area contributed by atoms with Crippen molar-refractivity contribution >= 4 is 11.9 Å². The van der Waals surface area contributed by atoms with E-state index in [0.717, 1.165) is 6.08 Å². The van der Waals surface area contributed by atoms with Crippen molar-refractivity contribution in [2.75, 3.05) is 0 Å². The molecular formula is C12H13NO3. The lowest BCUT2D eigenvalue weighted by molar-refractivity contribution is -0.146. The Kier molecular flexibility index (Phi) is 3.45. The number of nitrogens with one attached hydrogen (secondary N) is 1. The molecule has 1 aromatic rings. The van der Waals surface area contributed by atoms with Crippen LogP contribution < -0.4 is 5.32 Å². The van der Waals surface area contributed by atoms with E-state index in [9.17, 15) is 14.7 Å². The van der Waals surface area contributed by atoms with Gasteiger partial charge < -0.3 is 10.4 Å². The largest absolute Gasteiger partial charge is 0.479 e. The van der Waals surface area contributed by atoms with Gasteiger partial charge in [0.1, 0.15) is 0 Å². The molecule has 1 rings (SSSR count). The maximum Gasteiger partial charge on any atom is 0.333 e. The van der Waals surface area contributed by atoms with E-state index < -0.39 is 17.4 Å². The number of aliphatic carboxylic acids is 1. The second-order valence-corrected chi connectivity index (χ2v) is 3.49. The Labute approximate surface area is 93.6 Å². The fraction of sp³-hybridized carbons (Fsp3) is 0.167. The maximum absolute atomic E-state index is 11.2. The van der Waals surface area contributed by atoms with Crippen molar-refractivity contribution in [1.82, 2.24) is 5.32 Å². The molecule has 4 heteroatoms. The van der Waals surface area contributed by atoms with E-state index in [-0.39, 0.29) is 0 Å². The van der Waals surface area contributed by atoms with Crippen molar-refractivity contribution in [1.29, 1.82) is 0 Å². The summed E-state index contributed by atoms with van der Waals surface area (Å²) in [6.45, 7) is 4.73. The van der Waals surface area contributed by atoms with Gasteiger partial charge in [-0.15, -0.1) is 0 Å². The van der Waals surface area contributed by atoms with Gasteiger partial charge in [0.15, 0.2) is 5.54 Å². The first-order valence-corrected chi connectivity index (χ1v) is 4.74. The van der Waals surface area contributed by atoms with E-state index in [4.69, 9.17) is 0 Å². The molecule has 0 aliphatic carbocycles. The summed E-state index contributed by atoms with van der Waals surface area (Å²) in [5.41, 5.74) is -0.926. The lowest BCUT2D eigenvalue weighted by atomic mass is 9.92. The smallest absolute Gasteiger partial charge is 0.333 e. The van der Waals surface area contributed by atoms with Crippen LogP contribution in [0.1, 0.15) is 12.5 Å². The van der Waals surface area contributed by atoms with Gasteiger partial charge in [-0.25, -0.2) is 4.79 Å². The number of rotatable bonds is 4. The molecule has 0 bridgehead atoms. The molecule has 0 saturated heterocycles. The topological polar surface area (TPSA) is 66.4 Å². The van der Waals surface area contributed by atoms with Gasteiger partial charge >= 0.3 is 5.97 Å². The lowest BCUT2D eigenvalue weighted by Gasteiger charge is -2.26. The van der Waals surface area contributed by atoms with Crippen LogP contribution in [0.5, 0.6) is 0 Å². The molecule has 0 radical (unpaired) electrons. The van der Waals surface area contributed by atoms with Gasteiger partial charge in [0, 0.05) is 0 Å². The molecule has 1 aromatic carbocycles. The first-order valence-electron chi connectivity index (χ1n) is 4.74. The van der Waals surface area contributed by atoms with Crippen LogP contribution in [0.4, 0.5) is 0 Å². The minimum absolute atomic E-state index is 0.512. The lowest BCUT2D eigenvalue weighted by Crippen LogP contribution is -2.49. The summed E-state index contributed by atoms with van der Waals surface area (Å²) in [5, 5.41) is 11.6. The molecule has 0 heterocycles. The molecule has 0 spiro atoms. The van der Waals surface area contributed by atoms with Gasteiger partial charge in [-0.05, 0) is 18.6 Å². The van der Waals surface area contributed by atoms with Crippen molar-refractivity contribution in [2.24, 2.45) is 0 Å². The Bertz CT molecular complexity index is 414. The van der Waals surface area contributed by atoms with Crippen LogP contribution in [-0.4, -0.2) is 17.0 Å². The van der Waals surface area contributed by atoms with Gasteiger partial charge in [-0.2, -0.15) is 0 Å². The van der Waals surface area contributed by atoms with Crippen LogP contribution in [0.3, 0.4) is 0 Å². The zero-order valence-electron chi connectivity index (χ0n) is 8.93. The van der Waals surface area contributed by atoms with Crippen molar-refractivity contribution in [2.45, 2.75) is 12.5 Å². The number of hydrogen-bond acceptors (Lipinski definition) is 2. The van der Waals surface area contributed by atoms with Gasteiger partial charge in [0.25, 0.3) is 0 Å². The van der Waals surface area contributed by atoms with Crippen molar-refractivity contribution in [3.63, 3.8) is 0 Å². The Hall–Kier alpha value is -2.10. The third-order valence-electron chi connectivity index (χ3n) is 2.34. The van der Waals surface area contributed by atoms with Crippen molar-refractivity contribution in [3.05, 3.63) is 48.6 Å². The first-order chi connectivity index (χ1) is 7.50. The third kappa shape index (κ3) is 2.28. The molecule has 1 atom stereocenters. The molecule has 2 N–H and O–H groups in total. The molecule has 0 saturated carbocycles. The average Bonchev–Trinajstić information content (AvgIpc) is 2.29. The van der Waals surface area contributed by atoms with E-state index in [1.54, 1.807) is 30.3 Å². The van der Waals surface area contributed by atoms with Crippen molar-refractivity contribution < 1.29 is 14.7 Å². The van der Waals surface area contributed by atoms with E-state index in [2.05, 4.69) is 11.9 Å². The third-order valence-corrected chi connectivity index (χ3v) is 2.34. The Morgan fingerprint density at radius 3 is 2.38 bits per heavy atom. The Morgan fingerprint density at radius 1 is 1.38 bits per heavy atom. The summed E-state index contributed by atoms with van der Waals surface area (Å²) in [6, 6.07) is 8.52. The molecular weight excluding hydrogens is 206 g/mol. The number of benzene rings is 1. The minimum Gasteiger partial charge on any atom is -0.479 e. The quantitative estimate of drug-likeness (QED) is 0.750. The normalized spacial score (nSPS) is 13.6. The predicted molar refractivity (Wildman–Crippen MR) is 59.8 cm³/mol. The summed E-state index contributed by atoms with van der Waals surface area (Å²) in [6.07, 6.45) is 1.05. The SMILES string of the molecule is C=CC(=O)N[C@@](C)(C(=O)O)c1ccccc1. The molecule has 4 nitrogen and oxygen atoms in total. The van der Waals surface area contributed by atoms with E-state index in [1.807, 2.05) is 0 Å². The van der Waals surface area contributed by atoms with Gasteiger partial charge in [0.2, 0.25) is 5.91 Å². The Balaban J connectivity index is 3.12. The van der Waals surface area contributed by atoms with Gasteiger partial charge in [-0.3, -0.25) is 4.79 Å². The first kappa shape index (κ1) is 12.0. The fourth-order valence-corrected chi connectivity index (χ4v) is 1.32. The number of carboxylic acid groups (broad SMARTS) is 1. The van der Waals surface area contributed by atoms with Crippen LogP contribution in [0.2, 0.25) is 0 Å². The summed E-state index contributed by atoms with van der Waals surface area (Å²) < 4.78 is 0. The second-order valence-electron chi connectivity index (χ2n) is 3.49. The number of carbonyl (C=O) groups excluding carboxylic acids is 1. The summed E-state index contributed by atoms with van der Waals surface area (Å²) in [7, 11) is 0. The number of amides is 1. The van der Waals surface area contributed by atoms with Gasteiger partial charge in [0.05, 0.1) is 0 Å². The average molecular weight is 219 g/mol. The van der Waals surface area contributed by atoms with Crippen LogP contribution in [0, 0.1) is 0 Å². The summed E-state index contributed by atoms with van der Waals surface area (Å²) in [5.74, 6) is -1.64. The van der Waals surface area contributed by atoms with Crippen molar-refractivity contribution in [3.8, 4) is 0 Å². The molecule has 1 amide bonds. The molecule has 0 unspecified atom stereocenters. The van der Waals surface area contributed by atoms with Crippen LogP contribution in [0.25, 0.3) is 0 Å². The van der Waals surface area contributed by atoms with E-state index >= 15 is 0 Å². The summed E-state index contributed by atoms with van der Waals surface area (Å²) in [4.78, 5) is 22.4. The fourth-order valence-electron chi connectivity index (χ4n) is 1.32. The highest BCUT2D eigenvalue weighted by Crippen LogP contribution is 2.20. The molecule has 0 aliphatic heterocycles. The second kappa shape index (κ2) is 4.61. The number of carboxylic acids is 1. The monoisotopic (exact) mass is 219 g/mol. The highest BCUT2D eigenvalue weighted by atomic mass is 16.4. The predicted octanol–water partition coefficient (Wildman–Crippen LogP) is 1.29. The zero-order valence-corrected chi connectivity index (χ0v) is 8.93. The van der Waals surface area contributed by atoms with E-state index in [0.29, 0.717) is 5.56 Å². The maximum atomic E-state index is 11.2. The highest BCUT2D eigenvalue weighted by molar-refractivity contribution is 5.93. The Morgan fingerprint density at radius 2 is 1.94 bits per heavy atom. The molecule has 16 heavy (non-hydrogen) atoms. The zero-order chi connectivity index (χ0) is 12.2.